The van der Waals surface area contributed by atoms with Crippen molar-refractivity contribution in [2.24, 2.45) is 0 Å². The maximum atomic E-state index is 12.8. The summed E-state index contributed by atoms with van der Waals surface area (Å²) in [5, 5.41) is 10.1. The molecular formula is C36H40N2O6. The number of nitro benzene ring substituents is 1. The molecule has 1 aliphatic heterocycles. The van der Waals surface area contributed by atoms with Crippen molar-refractivity contribution in [2.75, 3.05) is 6.54 Å². The van der Waals surface area contributed by atoms with Crippen molar-refractivity contribution >= 4 is 11.8 Å². The first-order chi connectivity index (χ1) is 21.0. The standard InChI is InChI=1S/C29H33NO4.C7H7NO2/c1-21-25-18-27(33-20-23-13-9-6-10-14-23)26(32-19-22-11-7-5-8-12-22)17-24(25)15-16-30(21)28(31)34-29(2,3)4;1-6-2-4-7(5-3-6)8(9)10/h5-14,17-18,21H,15-16,19-20H2,1-4H3;2-5H,1H3. The molecule has 0 N–H and O–H groups in total. The summed E-state index contributed by atoms with van der Waals surface area (Å²) in [7, 11) is 0. The third kappa shape index (κ3) is 9.07. The lowest BCUT2D eigenvalue weighted by Crippen LogP contribution is -2.42. The number of ether oxygens (including phenoxy) is 3. The van der Waals surface area contributed by atoms with Crippen molar-refractivity contribution in [2.45, 2.75) is 65.9 Å². The summed E-state index contributed by atoms with van der Waals surface area (Å²) < 4.78 is 18.1. The molecule has 1 aliphatic rings. The first kappa shape index (κ1) is 32.1. The Labute approximate surface area is 259 Å². The van der Waals surface area contributed by atoms with Crippen LogP contribution >= 0.6 is 0 Å². The topological polar surface area (TPSA) is 91.1 Å². The smallest absolute Gasteiger partial charge is 0.410 e. The zero-order valence-corrected chi connectivity index (χ0v) is 26.0. The average Bonchev–Trinajstić information content (AvgIpc) is 3.00. The number of rotatable bonds is 7. The second kappa shape index (κ2) is 14.6. The van der Waals surface area contributed by atoms with E-state index in [1.54, 1.807) is 17.0 Å². The maximum absolute atomic E-state index is 12.8. The summed E-state index contributed by atoms with van der Waals surface area (Å²) in [6.07, 6.45) is 0.446. The maximum Gasteiger partial charge on any atom is 0.410 e. The minimum Gasteiger partial charge on any atom is -0.485 e. The number of benzene rings is 4. The highest BCUT2D eigenvalue weighted by atomic mass is 16.6. The van der Waals surface area contributed by atoms with E-state index in [9.17, 15) is 14.9 Å². The SMILES string of the molecule is CC1c2cc(OCc3ccccc3)c(OCc3ccccc3)cc2CCN1C(=O)OC(C)(C)C.Cc1ccc([N+](=O)[O-])cc1. The van der Waals surface area contributed by atoms with Gasteiger partial charge >= 0.3 is 6.09 Å². The van der Waals surface area contributed by atoms with E-state index in [-0.39, 0.29) is 17.8 Å². The highest BCUT2D eigenvalue weighted by Crippen LogP contribution is 2.39. The van der Waals surface area contributed by atoms with Crippen molar-refractivity contribution in [3.63, 3.8) is 0 Å². The summed E-state index contributed by atoms with van der Waals surface area (Å²) >= 11 is 0. The van der Waals surface area contributed by atoms with Gasteiger partial charge in [-0.1, -0.05) is 78.4 Å². The second-order valence-electron chi connectivity index (χ2n) is 11.7. The van der Waals surface area contributed by atoms with Gasteiger partial charge in [0, 0.05) is 18.7 Å². The first-order valence-electron chi connectivity index (χ1n) is 14.7. The van der Waals surface area contributed by atoms with Crippen LogP contribution in [0, 0.1) is 17.0 Å². The fraction of sp³-hybridized carbons (Fsp3) is 0.306. The van der Waals surface area contributed by atoms with E-state index in [1.165, 1.54) is 17.7 Å². The van der Waals surface area contributed by atoms with Crippen LogP contribution in [0.3, 0.4) is 0 Å². The van der Waals surface area contributed by atoms with Crippen LogP contribution in [-0.4, -0.2) is 28.1 Å². The number of carbonyl (C=O) groups excluding carboxylic acids is 1. The molecule has 0 spiro atoms. The lowest BCUT2D eigenvalue weighted by molar-refractivity contribution is -0.384. The number of non-ortho nitro benzene ring substituents is 1. The van der Waals surface area contributed by atoms with Crippen LogP contribution in [-0.2, 0) is 24.4 Å². The van der Waals surface area contributed by atoms with E-state index in [1.807, 2.05) is 101 Å². The largest absolute Gasteiger partial charge is 0.485 e. The Hall–Kier alpha value is -4.85. The Morgan fingerprint density at radius 1 is 0.864 bits per heavy atom. The summed E-state index contributed by atoms with van der Waals surface area (Å²) in [5.41, 5.74) is 5.05. The Morgan fingerprint density at radius 2 is 1.39 bits per heavy atom. The Bertz CT molecular complexity index is 1530. The molecule has 44 heavy (non-hydrogen) atoms. The lowest BCUT2D eigenvalue weighted by Gasteiger charge is -2.36. The van der Waals surface area contributed by atoms with Crippen LogP contribution in [0.4, 0.5) is 10.5 Å². The van der Waals surface area contributed by atoms with Crippen molar-refractivity contribution in [3.8, 4) is 11.5 Å². The molecule has 5 rings (SSSR count). The molecule has 0 saturated heterocycles. The Balaban J connectivity index is 0.000000375. The van der Waals surface area contributed by atoms with Gasteiger partial charge in [-0.05, 0) is 75.4 Å². The quantitative estimate of drug-likeness (QED) is 0.157. The van der Waals surface area contributed by atoms with Crippen molar-refractivity contribution in [3.05, 3.63) is 135 Å². The molecule has 1 heterocycles. The molecule has 0 aromatic heterocycles. The van der Waals surface area contributed by atoms with Crippen LogP contribution in [0.2, 0.25) is 0 Å². The van der Waals surface area contributed by atoms with E-state index >= 15 is 0 Å². The van der Waals surface area contributed by atoms with Crippen LogP contribution in [0.5, 0.6) is 11.5 Å². The fourth-order valence-corrected chi connectivity index (χ4v) is 4.76. The van der Waals surface area contributed by atoms with Gasteiger partial charge in [-0.15, -0.1) is 0 Å². The van der Waals surface area contributed by atoms with Crippen molar-refractivity contribution in [1.82, 2.24) is 4.90 Å². The van der Waals surface area contributed by atoms with E-state index in [0.29, 0.717) is 25.5 Å². The molecule has 4 aromatic rings. The van der Waals surface area contributed by atoms with E-state index in [2.05, 4.69) is 6.07 Å². The number of hydrogen-bond acceptors (Lipinski definition) is 6. The molecule has 8 heteroatoms. The number of hydrogen-bond donors (Lipinski definition) is 0. The molecule has 4 aromatic carbocycles. The molecule has 0 radical (unpaired) electrons. The third-order valence-electron chi connectivity index (χ3n) is 7.09. The summed E-state index contributed by atoms with van der Waals surface area (Å²) in [6, 6.07) is 30.6. The van der Waals surface area contributed by atoms with Gasteiger partial charge < -0.3 is 19.1 Å². The zero-order valence-electron chi connectivity index (χ0n) is 26.0. The monoisotopic (exact) mass is 596 g/mol. The fourth-order valence-electron chi connectivity index (χ4n) is 4.76. The van der Waals surface area contributed by atoms with Gasteiger partial charge in [0.25, 0.3) is 5.69 Å². The molecule has 1 unspecified atom stereocenters. The Morgan fingerprint density at radius 3 is 1.89 bits per heavy atom. The average molecular weight is 597 g/mol. The number of fused-ring (bicyclic) bond motifs is 1. The van der Waals surface area contributed by atoms with Gasteiger partial charge in [0.05, 0.1) is 11.0 Å². The van der Waals surface area contributed by atoms with Crippen molar-refractivity contribution in [1.29, 1.82) is 0 Å². The van der Waals surface area contributed by atoms with Gasteiger partial charge in [-0.3, -0.25) is 10.1 Å². The summed E-state index contributed by atoms with van der Waals surface area (Å²) in [5.74, 6) is 1.40. The van der Waals surface area contributed by atoms with Crippen LogP contribution in [0.1, 0.15) is 61.6 Å². The number of nitro groups is 1. The number of amides is 1. The predicted octanol–water partition coefficient (Wildman–Crippen LogP) is 8.60. The zero-order chi connectivity index (χ0) is 31.7. The highest BCUT2D eigenvalue weighted by molar-refractivity contribution is 5.70. The second-order valence-corrected chi connectivity index (χ2v) is 11.7. The molecule has 0 fully saturated rings. The predicted molar refractivity (Wildman–Crippen MR) is 171 cm³/mol. The molecule has 0 aliphatic carbocycles. The van der Waals surface area contributed by atoms with Crippen molar-refractivity contribution < 1.29 is 23.9 Å². The van der Waals surface area contributed by atoms with Crippen LogP contribution < -0.4 is 9.47 Å². The molecule has 8 nitrogen and oxygen atoms in total. The lowest BCUT2D eigenvalue weighted by atomic mass is 9.93. The van der Waals surface area contributed by atoms with Crippen LogP contribution in [0.15, 0.2) is 97.1 Å². The van der Waals surface area contributed by atoms with E-state index in [4.69, 9.17) is 14.2 Å². The van der Waals surface area contributed by atoms with Gasteiger partial charge in [-0.2, -0.15) is 0 Å². The minimum atomic E-state index is -0.532. The Kier molecular flexibility index (Phi) is 10.6. The molecule has 230 valence electrons. The highest BCUT2D eigenvalue weighted by Gasteiger charge is 2.32. The van der Waals surface area contributed by atoms with Crippen LogP contribution in [0.25, 0.3) is 0 Å². The number of carbonyl (C=O) groups is 1. The molecule has 0 bridgehead atoms. The first-order valence-corrected chi connectivity index (χ1v) is 14.7. The molecule has 1 amide bonds. The molecule has 0 saturated carbocycles. The minimum absolute atomic E-state index is 0.124. The van der Waals surface area contributed by atoms with Gasteiger partial charge in [-0.25, -0.2) is 4.79 Å². The molecular weight excluding hydrogens is 556 g/mol. The third-order valence-corrected chi connectivity index (χ3v) is 7.09. The van der Waals surface area contributed by atoms with Gasteiger partial charge in [0.2, 0.25) is 0 Å². The summed E-state index contributed by atoms with van der Waals surface area (Å²) in [6.45, 7) is 11.1. The van der Waals surface area contributed by atoms with E-state index < -0.39 is 10.5 Å². The normalized spacial score (nSPS) is 14.0. The van der Waals surface area contributed by atoms with E-state index in [0.717, 1.165) is 34.4 Å². The van der Waals surface area contributed by atoms with Gasteiger partial charge in [0.15, 0.2) is 11.5 Å². The van der Waals surface area contributed by atoms with Gasteiger partial charge in [0.1, 0.15) is 18.8 Å². The number of aryl methyl sites for hydroxylation is 1. The number of nitrogens with zero attached hydrogens (tertiary/aromatic N) is 2. The summed E-state index contributed by atoms with van der Waals surface area (Å²) in [4.78, 5) is 24.3. The molecule has 1 atom stereocenters.